The van der Waals surface area contributed by atoms with Crippen LogP contribution in [0.15, 0.2) is 158 Å². The van der Waals surface area contributed by atoms with Gasteiger partial charge in [-0.25, -0.2) is 0 Å². The lowest BCUT2D eigenvalue weighted by Gasteiger charge is -2.21. The summed E-state index contributed by atoms with van der Waals surface area (Å²) in [5.41, 5.74) is 17.9. The highest BCUT2D eigenvalue weighted by Crippen LogP contribution is 2.52. The minimum Gasteiger partial charge on any atom is -0.309 e. The molecule has 5 aromatic heterocycles. The molecule has 9 aromatic carbocycles. The van der Waals surface area contributed by atoms with Crippen LogP contribution in [-0.2, 0) is 16.2 Å². The summed E-state index contributed by atoms with van der Waals surface area (Å²) in [6.07, 6.45) is 0. The van der Waals surface area contributed by atoms with Gasteiger partial charge < -0.3 is 13.4 Å². The molecule has 0 N–H and O–H groups in total. The van der Waals surface area contributed by atoms with Crippen LogP contribution in [0.1, 0.15) is 79.0 Å². The lowest BCUT2D eigenvalue weighted by Crippen LogP contribution is -2.11. The summed E-state index contributed by atoms with van der Waals surface area (Å²) < 4.78 is 7.67. The number of hydrogen-bond donors (Lipinski definition) is 0. The molecular weight excluding hydrogens is 811 g/mol. The van der Waals surface area contributed by atoms with Crippen molar-refractivity contribution in [3.63, 3.8) is 0 Å². The summed E-state index contributed by atoms with van der Waals surface area (Å²) in [7, 11) is 0. The van der Waals surface area contributed by atoms with Crippen LogP contribution in [-0.4, -0.2) is 13.4 Å². The van der Waals surface area contributed by atoms with Gasteiger partial charge in [-0.15, -0.1) is 0 Å². The molecule has 3 nitrogen and oxygen atoms in total. The van der Waals surface area contributed by atoms with Crippen LogP contribution in [0.4, 0.5) is 0 Å². The molecule has 0 aliphatic carbocycles. The minimum atomic E-state index is -0.0750. The maximum atomic E-state index is 2.66. The largest absolute Gasteiger partial charge is 0.309 e. The van der Waals surface area contributed by atoms with Crippen molar-refractivity contribution in [1.82, 2.24) is 13.4 Å². The molecule has 0 unspecified atom stereocenters. The molecule has 0 aliphatic rings. The third kappa shape index (κ3) is 5.12. The van der Waals surface area contributed by atoms with E-state index in [1.54, 1.807) is 0 Å². The van der Waals surface area contributed by atoms with Gasteiger partial charge in [0.2, 0.25) is 0 Å². The van der Waals surface area contributed by atoms with Crippen molar-refractivity contribution >= 4 is 109 Å². The Morgan fingerprint density at radius 2 is 0.851 bits per heavy atom. The number of hydrogen-bond acceptors (Lipinski definition) is 0. The van der Waals surface area contributed by atoms with Crippen LogP contribution in [0.2, 0.25) is 0 Å². The quantitative estimate of drug-likeness (QED) is 0.164. The highest BCUT2D eigenvalue weighted by atomic mass is 15.0. The van der Waals surface area contributed by atoms with Crippen molar-refractivity contribution in [3.8, 4) is 16.8 Å². The Hall–Kier alpha value is -7.36. The predicted molar refractivity (Wildman–Crippen MR) is 289 cm³/mol. The van der Waals surface area contributed by atoms with E-state index in [0.717, 1.165) is 0 Å². The van der Waals surface area contributed by atoms with Crippen molar-refractivity contribution in [1.29, 1.82) is 0 Å². The minimum absolute atomic E-state index is 0.0344. The van der Waals surface area contributed by atoms with Gasteiger partial charge in [-0.1, -0.05) is 135 Å². The Morgan fingerprint density at radius 1 is 0.313 bits per heavy atom. The summed E-state index contributed by atoms with van der Waals surface area (Å²) in [5.74, 6) is 0. The third-order valence-corrected chi connectivity index (χ3v) is 15.5. The first-order chi connectivity index (χ1) is 32.1. The second-order valence-corrected chi connectivity index (χ2v) is 22.6. The fourth-order valence-corrected chi connectivity index (χ4v) is 12.1. The molecule has 0 saturated heterocycles. The first-order valence-electron chi connectivity index (χ1n) is 24.1. The van der Waals surface area contributed by atoms with E-state index in [0.29, 0.717) is 0 Å². The molecule has 0 atom stereocenters. The molecular formula is C64H53N3. The Kier molecular flexibility index (Phi) is 7.39. The first kappa shape index (κ1) is 38.9. The summed E-state index contributed by atoms with van der Waals surface area (Å²) in [4.78, 5) is 0. The van der Waals surface area contributed by atoms with Crippen LogP contribution < -0.4 is 0 Å². The fourth-order valence-electron chi connectivity index (χ4n) is 12.1. The van der Waals surface area contributed by atoms with Crippen molar-refractivity contribution in [3.05, 3.63) is 174 Å². The van der Waals surface area contributed by atoms with Gasteiger partial charge >= 0.3 is 0 Å². The average Bonchev–Trinajstić information content (AvgIpc) is 4.10. The maximum absolute atomic E-state index is 2.66. The third-order valence-electron chi connectivity index (χ3n) is 15.5. The van der Waals surface area contributed by atoms with E-state index in [2.05, 4.69) is 233 Å². The molecule has 0 radical (unpaired) electrons. The van der Waals surface area contributed by atoms with E-state index < -0.39 is 0 Å². The van der Waals surface area contributed by atoms with Crippen LogP contribution >= 0.6 is 0 Å². The number of para-hydroxylation sites is 2. The van der Waals surface area contributed by atoms with Gasteiger partial charge in [-0.05, 0) is 134 Å². The molecule has 67 heavy (non-hydrogen) atoms. The standard InChI is InChI=1S/C64H53N3/c1-62(2,3)38-24-26-53-46(31-38)47-33-40(64(7,8)9)35-50-58-54(66(53)60(47)50)27-28-55-57(58)48-30-36-17-13-14-20-42(36)56-49-34-39(63(4,5)6)32-44(59(49)67(55)61(48)56)37-23-25-52-45(29-37)43-21-15-16-22-51(43)65(52)41-18-11-10-12-19-41/h10-35H,1-9H3. The number of fused-ring (bicyclic) bond motifs is 18. The molecule has 0 amide bonds. The van der Waals surface area contributed by atoms with E-state index >= 15 is 0 Å². The lowest BCUT2D eigenvalue weighted by atomic mass is 9.83. The van der Waals surface area contributed by atoms with Gasteiger partial charge in [0.25, 0.3) is 0 Å². The van der Waals surface area contributed by atoms with Crippen LogP contribution in [0.25, 0.3) is 126 Å². The second kappa shape index (κ2) is 12.7. The predicted octanol–water partition coefficient (Wildman–Crippen LogP) is 17.8. The topological polar surface area (TPSA) is 13.8 Å². The van der Waals surface area contributed by atoms with E-state index in [9.17, 15) is 0 Å². The molecule has 5 heterocycles. The highest BCUT2D eigenvalue weighted by Gasteiger charge is 2.30. The van der Waals surface area contributed by atoms with Gasteiger partial charge in [0.05, 0.1) is 44.1 Å². The van der Waals surface area contributed by atoms with Crippen LogP contribution in [0.3, 0.4) is 0 Å². The summed E-state index contributed by atoms with van der Waals surface area (Å²) in [5, 5.41) is 15.8. The smallest absolute Gasteiger partial charge is 0.0627 e. The molecule has 0 saturated carbocycles. The Morgan fingerprint density at radius 3 is 1.58 bits per heavy atom. The SMILES string of the molecule is CC(C)(C)c1ccc2c(c1)c1cc(C(C)(C)C)cc3c4c5c6cc7ccccc7c7c8cc(C(C)(C)C)cc(-c9ccc%10c(c9)c9ccccc9n%10-c9ccccc9)c8n(c5ccc4n2c13)c67. The number of aromatic nitrogens is 3. The fraction of sp³-hybridized carbons (Fsp3) is 0.188. The molecule has 0 aliphatic heterocycles. The average molecular weight is 864 g/mol. The monoisotopic (exact) mass is 863 g/mol. The van der Waals surface area contributed by atoms with E-state index in [1.165, 1.54) is 142 Å². The molecule has 14 rings (SSSR count). The van der Waals surface area contributed by atoms with Gasteiger partial charge in [-0.2, -0.15) is 0 Å². The van der Waals surface area contributed by atoms with Crippen molar-refractivity contribution in [2.45, 2.75) is 78.6 Å². The molecule has 3 heteroatoms. The summed E-state index contributed by atoms with van der Waals surface area (Å²) >= 11 is 0. The second-order valence-electron chi connectivity index (χ2n) is 22.6. The van der Waals surface area contributed by atoms with E-state index in [-0.39, 0.29) is 16.2 Å². The number of rotatable bonds is 2. The van der Waals surface area contributed by atoms with Crippen LogP contribution in [0.5, 0.6) is 0 Å². The molecule has 0 fully saturated rings. The molecule has 324 valence electrons. The van der Waals surface area contributed by atoms with Crippen LogP contribution in [0, 0.1) is 0 Å². The summed E-state index contributed by atoms with van der Waals surface area (Å²) in [6, 6.07) is 60.6. The van der Waals surface area contributed by atoms with Crippen molar-refractivity contribution in [2.24, 2.45) is 0 Å². The molecule has 14 aromatic rings. The van der Waals surface area contributed by atoms with Crippen molar-refractivity contribution in [2.75, 3.05) is 0 Å². The van der Waals surface area contributed by atoms with Gasteiger partial charge in [-0.3, -0.25) is 0 Å². The Balaban J connectivity index is 1.17. The zero-order chi connectivity index (χ0) is 45.6. The summed E-state index contributed by atoms with van der Waals surface area (Å²) in [6.45, 7) is 21.1. The first-order valence-corrected chi connectivity index (χ1v) is 24.1. The van der Waals surface area contributed by atoms with Crippen molar-refractivity contribution < 1.29 is 0 Å². The normalized spacial score (nSPS) is 13.4. The lowest BCUT2D eigenvalue weighted by molar-refractivity contribution is 0.590. The molecule has 0 spiro atoms. The highest BCUT2D eigenvalue weighted by molar-refractivity contribution is 6.39. The zero-order valence-corrected chi connectivity index (χ0v) is 39.9. The van der Waals surface area contributed by atoms with Gasteiger partial charge in [0, 0.05) is 65.1 Å². The Labute approximate surface area is 390 Å². The van der Waals surface area contributed by atoms with E-state index in [4.69, 9.17) is 0 Å². The zero-order valence-electron chi connectivity index (χ0n) is 39.9. The van der Waals surface area contributed by atoms with E-state index in [1.807, 2.05) is 0 Å². The Bertz CT molecular complexity index is 4410. The number of benzene rings is 9. The van der Waals surface area contributed by atoms with Gasteiger partial charge in [0.15, 0.2) is 0 Å². The maximum Gasteiger partial charge on any atom is 0.0627 e. The molecule has 0 bridgehead atoms. The van der Waals surface area contributed by atoms with Gasteiger partial charge in [0.1, 0.15) is 0 Å². The number of nitrogens with zero attached hydrogens (tertiary/aromatic N) is 3.